The molecule has 0 saturated heterocycles. The number of nitrogens with zero attached hydrogens (tertiary/aromatic N) is 4. The van der Waals surface area contributed by atoms with Gasteiger partial charge in [0.25, 0.3) is 5.91 Å². The van der Waals surface area contributed by atoms with Crippen LogP contribution in [-0.2, 0) is 12.5 Å². The Kier molecular flexibility index (Phi) is 5.31. The lowest BCUT2D eigenvalue weighted by atomic mass is 9.68. The van der Waals surface area contributed by atoms with Gasteiger partial charge in [-0.25, -0.2) is 8.78 Å². The highest BCUT2D eigenvalue weighted by atomic mass is 19.1. The van der Waals surface area contributed by atoms with Gasteiger partial charge in [-0.3, -0.25) is 9.48 Å². The molecule has 0 aliphatic carbocycles. The number of amides is 1. The largest absolute Gasteiger partial charge is 0.355 e. The number of fused-ring (bicyclic) bond motifs is 1. The van der Waals surface area contributed by atoms with Crippen molar-refractivity contribution in [2.24, 2.45) is 7.05 Å². The molecule has 2 aromatic heterocycles. The minimum absolute atomic E-state index is 0.0447. The van der Waals surface area contributed by atoms with E-state index in [0.29, 0.717) is 6.54 Å². The summed E-state index contributed by atoms with van der Waals surface area (Å²) in [4.78, 5) is 15.5. The maximum atomic E-state index is 14.2. The summed E-state index contributed by atoms with van der Waals surface area (Å²) in [5.41, 5.74) is 2.94. The van der Waals surface area contributed by atoms with Gasteiger partial charge in [-0.2, -0.15) is 5.10 Å². The van der Waals surface area contributed by atoms with Gasteiger partial charge in [0.15, 0.2) is 11.5 Å². The molecule has 4 aromatic rings. The van der Waals surface area contributed by atoms with Crippen molar-refractivity contribution in [1.29, 1.82) is 0 Å². The topological polar surface area (TPSA) is 64.2 Å². The number of carbonyl (C=O) groups is 1. The number of rotatable bonds is 4. The fourth-order valence-electron chi connectivity index (χ4n) is 4.99. The van der Waals surface area contributed by atoms with Gasteiger partial charge in [-0.15, -0.1) is 0 Å². The quantitative estimate of drug-likeness (QED) is 0.415. The molecule has 2 unspecified atom stereocenters. The molecule has 174 valence electrons. The number of benzene rings is 2. The van der Waals surface area contributed by atoms with Gasteiger partial charge in [0, 0.05) is 42.9 Å². The molecule has 0 spiro atoms. The summed E-state index contributed by atoms with van der Waals surface area (Å²) in [6, 6.07) is 12.5. The molecule has 34 heavy (non-hydrogen) atoms. The Bertz CT molecular complexity index is 1380. The fourth-order valence-corrected chi connectivity index (χ4v) is 4.99. The van der Waals surface area contributed by atoms with Crippen LogP contribution in [0.2, 0.25) is 0 Å². The molecule has 0 radical (unpaired) electrons. The van der Waals surface area contributed by atoms with Gasteiger partial charge >= 0.3 is 0 Å². The summed E-state index contributed by atoms with van der Waals surface area (Å²) >= 11 is 0. The maximum absolute atomic E-state index is 14.2. The highest BCUT2D eigenvalue weighted by Crippen LogP contribution is 2.46. The van der Waals surface area contributed by atoms with Gasteiger partial charge < -0.3 is 9.42 Å². The van der Waals surface area contributed by atoms with E-state index >= 15 is 0 Å². The first-order valence-corrected chi connectivity index (χ1v) is 11.2. The number of hydrogen-bond donors (Lipinski definition) is 0. The molecule has 1 amide bonds. The second-order valence-corrected chi connectivity index (χ2v) is 8.74. The van der Waals surface area contributed by atoms with Gasteiger partial charge in [0.2, 0.25) is 0 Å². The van der Waals surface area contributed by atoms with E-state index < -0.39 is 17.0 Å². The second kappa shape index (κ2) is 8.20. The van der Waals surface area contributed by atoms with E-state index in [9.17, 15) is 13.6 Å². The normalized spacial score (nSPS) is 19.8. The van der Waals surface area contributed by atoms with Crippen LogP contribution >= 0.6 is 0 Å². The monoisotopic (exact) mass is 462 g/mol. The molecule has 1 aliphatic heterocycles. The predicted octanol–water partition coefficient (Wildman–Crippen LogP) is 5.27. The molecular formula is C26H24F2N4O2. The average Bonchev–Trinajstić information content (AvgIpc) is 3.49. The predicted molar refractivity (Wildman–Crippen MR) is 122 cm³/mol. The minimum atomic E-state index is -0.781. The first kappa shape index (κ1) is 22.0. The molecule has 0 saturated carbocycles. The van der Waals surface area contributed by atoms with Gasteiger partial charge in [-0.1, -0.05) is 36.3 Å². The Morgan fingerprint density at radius 1 is 1.21 bits per heavy atom. The zero-order valence-corrected chi connectivity index (χ0v) is 19.1. The molecule has 3 heterocycles. The van der Waals surface area contributed by atoms with E-state index in [4.69, 9.17) is 4.52 Å². The number of carbonyl (C=O) groups excluding carboxylic acids is 1. The van der Waals surface area contributed by atoms with E-state index in [1.165, 1.54) is 17.7 Å². The summed E-state index contributed by atoms with van der Waals surface area (Å²) in [6.45, 7) is 4.52. The van der Waals surface area contributed by atoms with Crippen molar-refractivity contribution in [1.82, 2.24) is 19.8 Å². The Labute approximate surface area is 195 Å². The number of halogens is 2. The van der Waals surface area contributed by atoms with E-state index in [0.717, 1.165) is 29.7 Å². The van der Waals surface area contributed by atoms with E-state index in [1.807, 2.05) is 44.6 Å². The van der Waals surface area contributed by atoms with Crippen molar-refractivity contribution in [3.63, 3.8) is 0 Å². The van der Waals surface area contributed by atoms with Crippen LogP contribution in [0.15, 0.2) is 65.4 Å². The number of hydrogen-bond acceptors (Lipinski definition) is 4. The summed E-state index contributed by atoms with van der Waals surface area (Å²) in [5.74, 6) is -1.72. The van der Waals surface area contributed by atoms with Crippen molar-refractivity contribution in [2.75, 3.05) is 6.54 Å². The van der Waals surface area contributed by atoms with Crippen molar-refractivity contribution >= 4 is 5.91 Å². The van der Waals surface area contributed by atoms with Crippen molar-refractivity contribution in [2.45, 2.75) is 31.7 Å². The molecule has 2 aromatic carbocycles. The lowest BCUT2D eigenvalue weighted by Crippen LogP contribution is -2.50. The van der Waals surface area contributed by atoms with Crippen molar-refractivity contribution < 1.29 is 18.1 Å². The molecule has 0 bridgehead atoms. The number of aryl methyl sites for hydroxylation is 1. The smallest absolute Gasteiger partial charge is 0.276 e. The van der Waals surface area contributed by atoms with Crippen LogP contribution in [-0.4, -0.2) is 32.3 Å². The lowest BCUT2D eigenvalue weighted by molar-refractivity contribution is 0.0605. The van der Waals surface area contributed by atoms with Gasteiger partial charge in [-0.05, 0) is 36.6 Å². The van der Waals surface area contributed by atoms with Crippen LogP contribution in [0.25, 0.3) is 11.3 Å². The summed E-state index contributed by atoms with van der Waals surface area (Å²) in [6.07, 6.45) is 4.60. The highest BCUT2D eigenvalue weighted by Gasteiger charge is 2.45. The van der Waals surface area contributed by atoms with Crippen LogP contribution in [0.4, 0.5) is 8.78 Å². The Morgan fingerprint density at radius 2 is 2.00 bits per heavy atom. The lowest BCUT2D eigenvalue weighted by Gasteiger charge is -2.46. The zero-order valence-electron chi connectivity index (χ0n) is 19.1. The first-order chi connectivity index (χ1) is 16.3. The molecule has 0 N–H and O–H groups in total. The summed E-state index contributed by atoms with van der Waals surface area (Å²) in [7, 11) is 1.87. The summed E-state index contributed by atoms with van der Waals surface area (Å²) in [5, 5.41) is 8.31. The molecule has 5 rings (SSSR count). The van der Waals surface area contributed by atoms with Crippen molar-refractivity contribution in [3.8, 4) is 11.3 Å². The van der Waals surface area contributed by atoms with E-state index in [1.54, 1.807) is 9.58 Å². The van der Waals surface area contributed by atoms with Crippen LogP contribution < -0.4 is 0 Å². The molecular weight excluding hydrogens is 438 g/mol. The van der Waals surface area contributed by atoms with Crippen LogP contribution in [0.3, 0.4) is 0 Å². The fraction of sp³-hybridized carbons (Fsp3) is 0.269. The Balaban J connectivity index is 1.56. The third-order valence-corrected chi connectivity index (χ3v) is 6.88. The number of aromatic nitrogens is 3. The molecule has 6 nitrogen and oxygen atoms in total. The minimum Gasteiger partial charge on any atom is -0.355 e. The SMILES string of the molecule is CCC1(c2cnn(C)c2)CN(C(=O)c2cc(-c3ccc(F)cc3F)on2)C(C)c2ccccc21. The Morgan fingerprint density at radius 3 is 2.71 bits per heavy atom. The molecule has 2 atom stereocenters. The maximum Gasteiger partial charge on any atom is 0.276 e. The van der Waals surface area contributed by atoms with E-state index in [2.05, 4.69) is 23.2 Å². The molecule has 1 aliphatic rings. The van der Waals surface area contributed by atoms with Gasteiger partial charge in [0.1, 0.15) is 11.6 Å². The van der Waals surface area contributed by atoms with E-state index in [-0.39, 0.29) is 29.0 Å². The standard InChI is InChI=1S/C26H24F2N4O2/c1-4-26(17-13-29-31(3)14-17)15-32(16(2)19-7-5-6-8-21(19)26)25(33)23-12-24(34-30-23)20-10-9-18(27)11-22(20)28/h5-14,16H,4,15H2,1-3H3. The second-order valence-electron chi connectivity index (χ2n) is 8.74. The Hall–Kier alpha value is -3.81. The summed E-state index contributed by atoms with van der Waals surface area (Å²) < 4.78 is 34.6. The molecule has 0 fully saturated rings. The van der Waals surface area contributed by atoms with Gasteiger partial charge in [0.05, 0.1) is 17.8 Å². The van der Waals surface area contributed by atoms with Crippen LogP contribution in [0.1, 0.15) is 53.5 Å². The third kappa shape index (κ3) is 3.41. The van der Waals surface area contributed by atoms with Crippen LogP contribution in [0, 0.1) is 11.6 Å². The first-order valence-electron chi connectivity index (χ1n) is 11.2. The van der Waals surface area contributed by atoms with Crippen LogP contribution in [0.5, 0.6) is 0 Å². The average molecular weight is 463 g/mol. The zero-order chi connectivity index (χ0) is 24.0. The highest BCUT2D eigenvalue weighted by molar-refractivity contribution is 5.94. The molecule has 8 heteroatoms. The third-order valence-electron chi connectivity index (χ3n) is 6.88. The van der Waals surface area contributed by atoms with Crippen molar-refractivity contribution in [3.05, 3.63) is 94.9 Å².